The van der Waals surface area contributed by atoms with Gasteiger partial charge in [0, 0.05) is 36.0 Å². The number of rotatable bonds is 3. The Kier molecular flexibility index (Phi) is 4.86. The van der Waals surface area contributed by atoms with Crippen LogP contribution in [0.5, 0.6) is 0 Å². The van der Waals surface area contributed by atoms with Crippen LogP contribution in [-0.2, 0) is 4.79 Å². The van der Waals surface area contributed by atoms with Gasteiger partial charge in [-0.1, -0.05) is 41.9 Å². The first-order valence-electron chi connectivity index (χ1n) is 8.02. The fourth-order valence-corrected chi connectivity index (χ4v) is 3.02. The first-order valence-corrected chi connectivity index (χ1v) is 8.40. The van der Waals surface area contributed by atoms with Crippen molar-refractivity contribution in [2.75, 3.05) is 19.0 Å². The average Bonchev–Trinajstić information content (AvgIpc) is 2.91. The van der Waals surface area contributed by atoms with Crippen LogP contribution in [0.1, 0.15) is 24.0 Å². The number of benzene rings is 2. The molecule has 122 valence electrons. The van der Waals surface area contributed by atoms with Crippen molar-refractivity contribution in [3.63, 3.8) is 0 Å². The third kappa shape index (κ3) is 3.60. The molecule has 0 atom stereocenters. The summed E-state index contributed by atoms with van der Waals surface area (Å²) in [6.07, 6.45) is 5.46. The van der Waals surface area contributed by atoms with E-state index >= 15 is 0 Å². The number of Topliss-reactive ketones (excluding diaryl/α,β-unsaturated/α-hetero) is 1. The maximum atomic E-state index is 12.6. The predicted octanol–water partition coefficient (Wildman–Crippen LogP) is 5.24. The summed E-state index contributed by atoms with van der Waals surface area (Å²) in [6, 6.07) is 15.8. The van der Waals surface area contributed by atoms with Gasteiger partial charge >= 0.3 is 0 Å². The maximum absolute atomic E-state index is 12.6. The highest BCUT2D eigenvalue weighted by molar-refractivity contribution is 6.32. The molecule has 0 aliphatic heterocycles. The van der Waals surface area contributed by atoms with Gasteiger partial charge in [-0.15, -0.1) is 0 Å². The Bertz CT molecular complexity index is 816. The number of carbonyl (C=O) groups excluding carboxylic acids is 1. The number of halogens is 1. The second kappa shape index (κ2) is 7.06. The summed E-state index contributed by atoms with van der Waals surface area (Å²) in [5, 5.41) is 0.675. The minimum atomic E-state index is 0.131. The monoisotopic (exact) mass is 337 g/mol. The van der Waals surface area contributed by atoms with Gasteiger partial charge in [0.2, 0.25) is 0 Å². The largest absolute Gasteiger partial charge is 0.378 e. The van der Waals surface area contributed by atoms with E-state index < -0.39 is 0 Å². The smallest absolute Gasteiger partial charge is 0.185 e. The lowest BCUT2D eigenvalue weighted by molar-refractivity contribution is -0.111. The molecule has 0 N–H and O–H groups in total. The van der Waals surface area contributed by atoms with Crippen molar-refractivity contribution in [2.45, 2.75) is 12.8 Å². The molecule has 0 radical (unpaired) electrons. The van der Waals surface area contributed by atoms with Gasteiger partial charge in [0.15, 0.2) is 5.78 Å². The molecule has 1 fully saturated rings. The van der Waals surface area contributed by atoms with Crippen LogP contribution in [0.3, 0.4) is 0 Å². The maximum Gasteiger partial charge on any atom is 0.185 e. The molecule has 0 heterocycles. The second-order valence-corrected chi connectivity index (χ2v) is 6.58. The molecule has 1 aliphatic carbocycles. The first kappa shape index (κ1) is 16.5. The molecule has 0 saturated heterocycles. The molecule has 2 aromatic rings. The van der Waals surface area contributed by atoms with Crippen molar-refractivity contribution < 1.29 is 4.79 Å². The molecule has 3 heteroatoms. The Morgan fingerprint density at radius 3 is 2.17 bits per heavy atom. The van der Waals surface area contributed by atoms with E-state index in [1.165, 1.54) is 0 Å². The molecule has 0 unspecified atom stereocenters. The van der Waals surface area contributed by atoms with Gasteiger partial charge in [-0.25, -0.2) is 0 Å². The van der Waals surface area contributed by atoms with Crippen LogP contribution >= 0.6 is 11.6 Å². The van der Waals surface area contributed by atoms with E-state index in [2.05, 4.69) is 17.0 Å². The molecule has 2 aromatic carbocycles. The van der Waals surface area contributed by atoms with E-state index in [4.69, 9.17) is 11.6 Å². The van der Waals surface area contributed by atoms with Gasteiger partial charge in [0.25, 0.3) is 0 Å². The first-order chi connectivity index (χ1) is 11.5. The van der Waals surface area contributed by atoms with Crippen LogP contribution < -0.4 is 4.90 Å². The lowest BCUT2D eigenvalue weighted by atomic mass is 10.1. The fourth-order valence-electron chi connectivity index (χ4n) is 2.83. The van der Waals surface area contributed by atoms with Crippen molar-refractivity contribution in [3.05, 3.63) is 75.8 Å². The third-order valence-electron chi connectivity index (χ3n) is 4.23. The number of allylic oxidation sites excluding steroid dienone is 2. The molecule has 0 amide bonds. The van der Waals surface area contributed by atoms with E-state index in [1.54, 1.807) is 0 Å². The van der Waals surface area contributed by atoms with Crippen LogP contribution in [0.2, 0.25) is 5.02 Å². The number of hydrogen-bond acceptors (Lipinski definition) is 2. The number of ketones is 1. The Morgan fingerprint density at radius 1 is 0.917 bits per heavy atom. The summed E-state index contributed by atoms with van der Waals surface area (Å²) in [4.78, 5) is 14.7. The predicted molar refractivity (Wildman–Crippen MR) is 102 cm³/mol. The molecular weight excluding hydrogens is 318 g/mol. The van der Waals surface area contributed by atoms with Crippen LogP contribution in [0.25, 0.3) is 12.2 Å². The molecule has 0 spiro atoms. The highest BCUT2D eigenvalue weighted by atomic mass is 35.5. The molecule has 1 saturated carbocycles. The molecule has 2 nitrogen and oxygen atoms in total. The van der Waals surface area contributed by atoms with Gasteiger partial charge < -0.3 is 4.90 Å². The zero-order valence-electron chi connectivity index (χ0n) is 13.9. The van der Waals surface area contributed by atoms with Crippen molar-refractivity contribution in [2.24, 2.45) is 0 Å². The minimum absolute atomic E-state index is 0.131. The average molecular weight is 338 g/mol. The highest BCUT2D eigenvalue weighted by Gasteiger charge is 2.23. The number of carbonyl (C=O) groups is 1. The molecule has 0 bridgehead atoms. The number of hydrogen-bond donors (Lipinski definition) is 0. The zero-order valence-corrected chi connectivity index (χ0v) is 14.7. The van der Waals surface area contributed by atoms with E-state index in [9.17, 15) is 4.79 Å². The van der Waals surface area contributed by atoms with Crippen LogP contribution in [0.15, 0.2) is 59.7 Å². The summed E-state index contributed by atoms with van der Waals surface area (Å²) < 4.78 is 0. The van der Waals surface area contributed by atoms with Crippen LogP contribution in [-0.4, -0.2) is 19.9 Å². The Morgan fingerprint density at radius 2 is 1.54 bits per heavy atom. The van der Waals surface area contributed by atoms with E-state index in [0.717, 1.165) is 40.8 Å². The normalized spacial score (nSPS) is 17.7. The number of nitrogens with zero attached hydrogens (tertiary/aromatic N) is 1. The van der Waals surface area contributed by atoms with Gasteiger partial charge in [-0.2, -0.15) is 0 Å². The van der Waals surface area contributed by atoms with Crippen LogP contribution in [0.4, 0.5) is 5.69 Å². The lowest BCUT2D eigenvalue weighted by Crippen LogP contribution is -2.07. The SMILES string of the molecule is CN(C)c1ccc(C=C2CCC(=Cc3ccccc3Cl)C2=O)cc1. The molecule has 3 rings (SSSR count). The van der Waals surface area contributed by atoms with Gasteiger partial charge in [-0.05, 0) is 54.3 Å². The number of anilines is 1. The topological polar surface area (TPSA) is 20.3 Å². The summed E-state index contributed by atoms with van der Waals surface area (Å²) in [7, 11) is 4.03. The summed E-state index contributed by atoms with van der Waals surface area (Å²) in [6.45, 7) is 0. The Hall–Kier alpha value is -2.32. The quantitative estimate of drug-likeness (QED) is 0.714. The van der Waals surface area contributed by atoms with Gasteiger partial charge in [-0.3, -0.25) is 4.79 Å². The van der Waals surface area contributed by atoms with Crippen molar-refractivity contribution in [1.29, 1.82) is 0 Å². The Balaban J connectivity index is 1.82. The summed E-state index contributed by atoms with van der Waals surface area (Å²) >= 11 is 6.18. The summed E-state index contributed by atoms with van der Waals surface area (Å²) in [5.41, 5.74) is 4.81. The van der Waals surface area contributed by atoms with Crippen molar-refractivity contribution in [3.8, 4) is 0 Å². The second-order valence-electron chi connectivity index (χ2n) is 6.18. The highest BCUT2D eigenvalue weighted by Crippen LogP contribution is 2.31. The fraction of sp³-hybridized carbons (Fsp3) is 0.190. The third-order valence-corrected chi connectivity index (χ3v) is 4.58. The zero-order chi connectivity index (χ0) is 17.1. The van der Waals surface area contributed by atoms with E-state index in [-0.39, 0.29) is 5.78 Å². The molecule has 24 heavy (non-hydrogen) atoms. The molecule has 0 aromatic heterocycles. The van der Waals surface area contributed by atoms with E-state index in [1.807, 2.05) is 62.6 Å². The Labute approximate surface area is 148 Å². The van der Waals surface area contributed by atoms with Crippen molar-refractivity contribution in [1.82, 2.24) is 0 Å². The van der Waals surface area contributed by atoms with Gasteiger partial charge in [0.05, 0.1) is 0 Å². The standard InChI is InChI=1S/C21H20ClNO/c1-23(2)19-11-7-15(8-12-19)13-17-9-10-18(21(17)24)14-16-5-3-4-6-20(16)22/h3-8,11-14H,9-10H2,1-2H3. The van der Waals surface area contributed by atoms with E-state index in [0.29, 0.717) is 5.02 Å². The lowest BCUT2D eigenvalue weighted by Gasteiger charge is -2.11. The van der Waals surface area contributed by atoms with Crippen LogP contribution in [0, 0.1) is 0 Å². The van der Waals surface area contributed by atoms with Crippen molar-refractivity contribution >= 4 is 35.2 Å². The summed E-state index contributed by atoms with van der Waals surface area (Å²) in [5.74, 6) is 0.131. The molecular formula is C21H20ClNO. The van der Waals surface area contributed by atoms with Gasteiger partial charge in [0.1, 0.15) is 0 Å². The minimum Gasteiger partial charge on any atom is -0.378 e. The molecule has 1 aliphatic rings.